The highest BCUT2D eigenvalue weighted by atomic mass is 32.2. The van der Waals surface area contributed by atoms with Crippen LogP contribution in [0, 0.1) is 0 Å². The number of rotatable bonds is 5. The molecule has 1 aliphatic rings. The molecule has 16 heavy (non-hydrogen) atoms. The normalized spacial score (nSPS) is 25.1. The van der Waals surface area contributed by atoms with Crippen molar-refractivity contribution in [3.8, 4) is 0 Å². The highest BCUT2D eigenvalue weighted by molar-refractivity contribution is 8.00. The number of thioether (sulfide) groups is 1. The van der Waals surface area contributed by atoms with E-state index in [1.165, 1.54) is 18.6 Å². The van der Waals surface area contributed by atoms with Gasteiger partial charge in [0.2, 0.25) is 0 Å². The molecule has 0 aliphatic carbocycles. The molecular weight excluding hydrogens is 218 g/mol. The van der Waals surface area contributed by atoms with Crippen molar-refractivity contribution in [2.45, 2.75) is 44.4 Å². The first kappa shape index (κ1) is 12.1. The van der Waals surface area contributed by atoms with E-state index in [4.69, 9.17) is 4.42 Å². The van der Waals surface area contributed by atoms with Gasteiger partial charge in [-0.3, -0.25) is 0 Å². The van der Waals surface area contributed by atoms with Gasteiger partial charge >= 0.3 is 0 Å². The van der Waals surface area contributed by atoms with Crippen LogP contribution in [0.15, 0.2) is 16.5 Å². The molecule has 2 rings (SSSR count). The van der Waals surface area contributed by atoms with Crippen molar-refractivity contribution in [1.29, 1.82) is 0 Å². The summed E-state index contributed by atoms with van der Waals surface area (Å²) in [5, 5.41) is 3.51. The standard InChI is InChI=1S/C13H21NOS/c1-3-11-5-6-12(15-11)9-14-10-13(2)7-4-8-16-13/h5-6,14H,3-4,7-10H2,1-2H3. The molecule has 1 aromatic heterocycles. The van der Waals surface area contributed by atoms with E-state index in [9.17, 15) is 0 Å². The average Bonchev–Trinajstić information content (AvgIpc) is 2.88. The van der Waals surface area contributed by atoms with Gasteiger partial charge in [0.1, 0.15) is 11.5 Å². The molecule has 0 amide bonds. The smallest absolute Gasteiger partial charge is 0.117 e. The van der Waals surface area contributed by atoms with E-state index in [1.807, 2.05) is 0 Å². The summed E-state index contributed by atoms with van der Waals surface area (Å²) in [6.07, 6.45) is 3.68. The fourth-order valence-corrected chi connectivity index (χ4v) is 3.41. The predicted octanol–water partition coefficient (Wildman–Crippen LogP) is 3.22. The molecule has 0 radical (unpaired) electrons. The molecule has 2 heterocycles. The molecule has 0 bridgehead atoms. The summed E-state index contributed by atoms with van der Waals surface area (Å²) in [6, 6.07) is 4.15. The molecule has 0 aromatic carbocycles. The first-order valence-electron chi connectivity index (χ1n) is 6.14. The van der Waals surface area contributed by atoms with E-state index in [0.29, 0.717) is 4.75 Å². The van der Waals surface area contributed by atoms with E-state index < -0.39 is 0 Å². The van der Waals surface area contributed by atoms with Gasteiger partial charge in [-0.05, 0) is 37.7 Å². The van der Waals surface area contributed by atoms with Crippen LogP contribution in [-0.4, -0.2) is 17.0 Å². The Labute approximate surface area is 102 Å². The average molecular weight is 239 g/mol. The molecule has 1 unspecified atom stereocenters. The third-order valence-electron chi connectivity index (χ3n) is 3.16. The number of hydrogen-bond acceptors (Lipinski definition) is 3. The van der Waals surface area contributed by atoms with Crippen LogP contribution >= 0.6 is 11.8 Å². The lowest BCUT2D eigenvalue weighted by Gasteiger charge is -2.22. The predicted molar refractivity (Wildman–Crippen MR) is 69.9 cm³/mol. The quantitative estimate of drug-likeness (QED) is 0.854. The van der Waals surface area contributed by atoms with Gasteiger partial charge in [0.25, 0.3) is 0 Å². The second-order valence-corrected chi connectivity index (χ2v) is 6.41. The molecule has 0 spiro atoms. The molecule has 1 aliphatic heterocycles. The Balaban J connectivity index is 1.75. The summed E-state index contributed by atoms with van der Waals surface area (Å²) in [6.45, 7) is 6.42. The first-order chi connectivity index (χ1) is 7.72. The van der Waals surface area contributed by atoms with Crippen LogP contribution in [0.4, 0.5) is 0 Å². The Morgan fingerprint density at radius 2 is 2.25 bits per heavy atom. The molecular formula is C13H21NOS. The lowest BCUT2D eigenvalue weighted by molar-refractivity contribution is 0.439. The van der Waals surface area contributed by atoms with Crippen molar-refractivity contribution in [2.24, 2.45) is 0 Å². The minimum Gasteiger partial charge on any atom is -0.465 e. The third kappa shape index (κ3) is 3.05. The molecule has 1 saturated heterocycles. The van der Waals surface area contributed by atoms with Crippen LogP contribution in [0.1, 0.15) is 38.2 Å². The Bertz CT molecular complexity index is 328. The lowest BCUT2D eigenvalue weighted by atomic mass is 10.1. The molecule has 0 saturated carbocycles. The Morgan fingerprint density at radius 3 is 2.88 bits per heavy atom. The van der Waals surface area contributed by atoms with E-state index in [0.717, 1.165) is 31.0 Å². The summed E-state index contributed by atoms with van der Waals surface area (Å²) in [7, 11) is 0. The highest BCUT2D eigenvalue weighted by Gasteiger charge is 2.28. The van der Waals surface area contributed by atoms with Crippen molar-refractivity contribution < 1.29 is 4.42 Å². The maximum absolute atomic E-state index is 5.66. The maximum Gasteiger partial charge on any atom is 0.117 e. The third-order valence-corrected chi connectivity index (χ3v) is 4.70. The summed E-state index contributed by atoms with van der Waals surface area (Å²) < 4.78 is 6.11. The van der Waals surface area contributed by atoms with Crippen LogP contribution in [0.3, 0.4) is 0 Å². The Hall–Kier alpha value is -0.410. The minimum atomic E-state index is 0.445. The van der Waals surface area contributed by atoms with E-state index in [2.05, 4.69) is 43.1 Å². The topological polar surface area (TPSA) is 25.2 Å². The second-order valence-electron chi connectivity index (χ2n) is 4.73. The molecule has 1 atom stereocenters. The zero-order chi connectivity index (χ0) is 11.4. The van der Waals surface area contributed by atoms with Crippen LogP contribution in [0.5, 0.6) is 0 Å². The Morgan fingerprint density at radius 1 is 1.44 bits per heavy atom. The van der Waals surface area contributed by atoms with Crippen LogP contribution in [-0.2, 0) is 13.0 Å². The summed E-state index contributed by atoms with van der Waals surface area (Å²) >= 11 is 2.10. The van der Waals surface area contributed by atoms with Gasteiger partial charge < -0.3 is 9.73 Å². The monoisotopic (exact) mass is 239 g/mol. The Kier molecular flexibility index (Phi) is 3.98. The van der Waals surface area contributed by atoms with Crippen molar-refractivity contribution in [2.75, 3.05) is 12.3 Å². The maximum atomic E-state index is 5.66. The minimum absolute atomic E-state index is 0.445. The van der Waals surface area contributed by atoms with Gasteiger partial charge in [-0.1, -0.05) is 6.92 Å². The first-order valence-corrected chi connectivity index (χ1v) is 7.13. The summed E-state index contributed by atoms with van der Waals surface area (Å²) in [5.41, 5.74) is 0. The zero-order valence-corrected chi connectivity index (χ0v) is 11.0. The summed E-state index contributed by atoms with van der Waals surface area (Å²) in [4.78, 5) is 0. The van der Waals surface area contributed by atoms with Crippen molar-refractivity contribution in [3.63, 3.8) is 0 Å². The van der Waals surface area contributed by atoms with Gasteiger partial charge in [0.15, 0.2) is 0 Å². The van der Waals surface area contributed by atoms with Crippen molar-refractivity contribution in [3.05, 3.63) is 23.7 Å². The highest BCUT2D eigenvalue weighted by Crippen LogP contribution is 2.36. The molecule has 1 aromatic rings. The number of hydrogen-bond donors (Lipinski definition) is 1. The molecule has 1 fully saturated rings. The van der Waals surface area contributed by atoms with Crippen LogP contribution < -0.4 is 5.32 Å². The summed E-state index contributed by atoms with van der Waals surface area (Å²) in [5.74, 6) is 3.46. The number of aryl methyl sites for hydroxylation is 1. The second kappa shape index (κ2) is 5.28. The number of nitrogens with one attached hydrogen (secondary N) is 1. The largest absolute Gasteiger partial charge is 0.465 e. The van der Waals surface area contributed by atoms with Gasteiger partial charge in [0, 0.05) is 17.7 Å². The van der Waals surface area contributed by atoms with Gasteiger partial charge in [0.05, 0.1) is 6.54 Å². The van der Waals surface area contributed by atoms with Gasteiger partial charge in [-0.15, -0.1) is 0 Å². The van der Waals surface area contributed by atoms with Crippen molar-refractivity contribution in [1.82, 2.24) is 5.32 Å². The SMILES string of the molecule is CCc1ccc(CNCC2(C)CCCS2)o1. The van der Waals surface area contributed by atoms with Gasteiger partial charge in [-0.25, -0.2) is 0 Å². The lowest BCUT2D eigenvalue weighted by Crippen LogP contribution is -2.32. The van der Waals surface area contributed by atoms with E-state index in [1.54, 1.807) is 0 Å². The van der Waals surface area contributed by atoms with Crippen LogP contribution in [0.25, 0.3) is 0 Å². The van der Waals surface area contributed by atoms with E-state index >= 15 is 0 Å². The molecule has 3 heteroatoms. The molecule has 1 N–H and O–H groups in total. The zero-order valence-electron chi connectivity index (χ0n) is 10.2. The van der Waals surface area contributed by atoms with Crippen LogP contribution in [0.2, 0.25) is 0 Å². The fraction of sp³-hybridized carbons (Fsp3) is 0.692. The molecule has 2 nitrogen and oxygen atoms in total. The van der Waals surface area contributed by atoms with E-state index in [-0.39, 0.29) is 0 Å². The van der Waals surface area contributed by atoms with Crippen molar-refractivity contribution >= 4 is 11.8 Å². The molecule has 90 valence electrons. The van der Waals surface area contributed by atoms with Gasteiger partial charge in [-0.2, -0.15) is 11.8 Å². The fourth-order valence-electron chi connectivity index (χ4n) is 2.13. The number of furan rings is 1.